The summed E-state index contributed by atoms with van der Waals surface area (Å²) in [4.78, 5) is 13.5. The van der Waals surface area contributed by atoms with Gasteiger partial charge in [0.05, 0.1) is 6.54 Å². The molecule has 0 saturated carbocycles. The molecule has 0 aliphatic rings. The van der Waals surface area contributed by atoms with Gasteiger partial charge in [-0.05, 0) is 54.1 Å². The minimum Gasteiger partial charge on any atom is -0.489 e. The van der Waals surface area contributed by atoms with Crippen molar-refractivity contribution in [1.82, 2.24) is 24.7 Å². The average Bonchev–Trinajstić information content (AvgIpc) is 3.39. The first-order chi connectivity index (χ1) is 16.6. The van der Waals surface area contributed by atoms with Gasteiger partial charge in [0.1, 0.15) is 35.3 Å². The monoisotopic (exact) mass is 458 g/mol. The minimum atomic E-state index is -0.540. The van der Waals surface area contributed by atoms with Crippen LogP contribution in [0.1, 0.15) is 0 Å². The van der Waals surface area contributed by atoms with Crippen molar-refractivity contribution in [2.75, 3.05) is 19.0 Å². The van der Waals surface area contributed by atoms with E-state index in [1.807, 2.05) is 18.3 Å². The Labute approximate surface area is 194 Å². The first-order valence-corrected chi connectivity index (χ1v) is 10.6. The minimum absolute atomic E-state index is 0.122. The first-order valence-electron chi connectivity index (χ1n) is 10.6. The number of benzene rings is 2. The van der Waals surface area contributed by atoms with Crippen LogP contribution in [0.25, 0.3) is 33.4 Å². The molecule has 0 atom stereocenters. The molecular weight excluding hydrogens is 438 g/mol. The number of nitrogens with one attached hydrogen (secondary N) is 1. The van der Waals surface area contributed by atoms with Crippen molar-refractivity contribution in [2.24, 2.45) is 0 Å². The van der Waals surface area contributed by atoms with E-state index in [1.54, 1.807) is 48.5 Å². The van der Waals surface area contributed by atoms with Gasteiger partial charge < -0.3 is 10.1 Å². The molecule has 0 saturated heterocycles. The molecule has 34 heavy (non-hydrogen) atoms. The number of hydrogen-bond donors (Lipinski definition) is 1. The maximum atomic E-state index is 14.6. The van der Waals surface area contributed by atoms with Crippen LogP contribution in [0.2, 0.25) is 0 Å². The summed E-state index contributed by atoms with van der Waals surface area (Å²) < 4.78 is 36.4. The summed E-state index contributed by atoms with van der Waals surface area (Å²) in [5, 5.41) is 7.88. The van der Waals surface area contributed by atoms with E-state index in [2.05, 4.69) is 20.4 Å². The van der Waals surface area contributed by atoms with Crippen molar-refractivity contribution in [3.63, 3.8) is 0 Å². The molecule has 170 valence electrons. The topological polar surface area (TPSA) is 77.8 Å². The van der Waals surface area contributed by atoms with Gasteiger partial charge in [0.25, 0.3) is 0 Å². The zero-order chi connectivity index (χ0) is 23.5. The third-order valence-electron chi connectivity index (χ3n) is 5.30. The summed E-state index contributed by atoms with van der Waals surface area (Å²) >= 11 is 0. The maximum absolute atomic E-state index is 14.6. The van der Waals surface area contributed by atoms with Gasteiger partial charge in [-0.25, -0.2) is 18.7 Å². The number of aromatic nitrogens is 5. The number of hydrogen-bond acceptors (Lipinski definition) is 6. The summed E-state index contributed by atoms with van der Waals surface area (Å²) in [5.41, 5.74) is 1.85. The van der Waals surface area contributed by atoms with Crippen LogP contribution in [0, 0.1) is 11.6 Å². The van der Waals surface area contributed by atoms with Gasteiger partial charge in [-0.2, -0.15) is 5.10 Å². The molecule has 0 unspecified atom stereocenters. The smallest absolute Gasteiger partial charge is 0.163 e. The predicted octanol–water partition coefficient (Wildman–Crippen LogP) is 4.95. The van der Waals surface area contributed by atoms with Crippen LogP contribution in [-0.4, -0.2) is 38.4 Å². The molecule has 0 spiro atoms. The van der Waals surface area contributed by atoms with Crippen molar-refractivity contribution < 1.29 is 13.5 Å². The molecule has 2 aromatic carbocycles. The van der Waals surface area contributed by atoms with E-state index in [9.17, 15) is 8.78 Å². The Morgan fingerprint density at radius 1 is 1.00 bits per heavy atom. The fourth-order valence-corrected chi connectivity index (χ4v) is 3.68. The van der Waals surface area contributed by atoms with Gasteiger partial charge in [-0.15, -0.1) is 0 Å². The Hall–Kier alpha value is -4.40. The Morgan fingerprint density at radius 2 is 1.91 bits per heavy atom. The molecule has 5 rings (SSSR count). The zero-order valence-electron chi connectivity index (χ0n) is 18.2. The molecule has 0 aliphatic heterocycles. The molecule has 3 heterocycles. The lowest BCUT2D eigenvalue weighted by atomic mass is 10.0. The lowest BCUT2D eigenvalue weighted by molar-refractivity contribution is 0.294. The van der Waals surface area contributed by atoms with Crippen LogP contribution in [0.3, 0.4) is 0 Å². The lowest BCUT2D eigenvalue weighted by Gasteiger charge is -2.15. The Bertz CT molecular complexity index is 1440. The van der Waals surface area contributed by atoms with Crippen LogP contribution in [0.4, 0.5) is 14.6 Å². The van der Waals surface area contributed by atoms with E-state index in [-0.39, 0.29) is 5.56 Å². The highest BCUT2D eigenvalue weighted by atomic mass is 19.1. The van der Waals surface area contributed by atoms with E-state index >= 15 is 0 Å². The second-order valence-corrected chi connectivity index (χ2v) is 7.50. The molecule has 3 aromatic heterocycles. The van der Waals surface area contributed by atoms with E-state index < -0.39 is 11.6 Å². The van der Waals surface area contributed by atoms with Crippen LogP contribution < -0.4 is 10.1 Å². The third-order valence-corrected chi connectivity index (χ3v) is 5.30. The van der Waals surface area contributed by atoms with E-state index in [1.165, 1.54) is 0 Å². The summed E-state index contributed by atoms with van der Waals surface area (Å²) in [5.74, 6) is 0.343. The summed E-state index contributed by atoms with van der Waals surface area (Å²) in [6.45, 7) is 0.805. The van der Waals surface area contributed by atoms with Gasteiger partial charge in [0.15, 0.2) is 5.82 Å². The lowest BCUT2D eigenvalue weighted by Crippen LogP contribution is -2.09. The van der Waals surface area contributed by atoms with Crippen LogP contribution in [0.5, 0.6) is 5.75 Å². The van der Waals surface area contributed by atoms with Gasteiger partial charge in [-0.3, -0.25) is 9.67 Å². The molecule has 0 bridgehead atoms. The summed E-state index contributed by atoms with van der Waals surface area (Å²) in [7, 11) is 1.74. The average molecular weight is 458 g/mol. The molecule has 5 aromatic rings. The van der Waals surface area contributed by atoms with Crippen LogP contribution in [-0.2, 0) is 6.54 Å². The first kappa shape index (κ1) is 21.4. The maximum Gasteiger partial charge on any atom is 0.163 e. The molecule has 1 N–H and O–H groups in total. The number of fused-ring (bicyclic) bond motifs is 1. The number of pyridine rings is 1. The molecule has 7 nitrogen and oxygen atoms in total. The fourth-order valence-electron chi connectivity index (χ4n) is 3.68. The fraction of sp³-hybridized carbons (Fsp3) is 0.120. The van der Waals surface area contributed by atoms with E-state index in [0.29, 0.717) is 47.0 Å². The number of ether oxygens (including phenoxy) is 1. The van der Waals surface area contributed by atoms with Gasteiger partial charge in [-0.1, -0.05) is 0 Å². The number of anilines is 1. The van der Waals surface area contributed by atoms with Gasteiger partial charge in [0.2, 0.25) is 0 Å². The molecule has 0 amide bonds. The van der Waals surface area contributed by atoms with E-state index in [0.717, 1.165) is 23.8 Å². The molecule has 0 fully saturated rings. The second kappa shape index (κ2) is 9.22. The molecule has 0 radical (unpaired) electrons. The number of rotatable bonds is 7. The number of nitrogens with zero attached hydrogens (tertiary/aromatic N) is 5. The zero-order valence-corrected chi connectivity index (χ0v) is 18.2. The molecule has 9 heteroatoms. The molecule has 0 aliphatic carbocycles. The highest BCUT2D eigenvalue weighted by Crippen LogP contribution is 2.37. The SMILES string of the molecule is CNc1nc(-c2cccnc2)nc2c(OCCn3cccn3)cc(-c3cc(F)ccc3F)cc12. The van der Waals surface area contributed by atoms with Gasteiger partial charge >= 0.3 is 0 Å². The summed E-state index contributed by atoms with van der Waals surface area (Å²) in [6.07, 6.45) is 6.87. The predicted molar refractivity (Wildman–Crippen MR) is 125 cm³/mol. The van der Waals surface area contributed by atoms with Crippen LogP contribution >= 0.6 is 0 Å². The van der Waals surface area contributed by atoms with Crippen molar-refractivity contribution >= 4 is 16.7 Å². The Kier molecular flexibility index (Phi) is 5.82. The second-order valence-electron chi connectivity index (χ2n) is 7.50. The van der Waals surface area contributed by atoms with Crippen molar-refractivity contribution in [2.45, 2.75) is 6.54 Å². The van der Waals surface area contributed by atoms with E-state index in [4.69, 9.17) is 9.72 Å². The quantitative estimate of drug-likeness (QED) is 0.372. The number of halogens is 2. The van der Waals surface area contributed by atoms with Crippen molar-refractivity contribution in [3.8, 4) is 28.3 Å². The largest absolute Gasteiger partial charge is 0.489 e. The highest BCUT2D eigenvalue weighted by molar-refractivity contribution is 5.97. The normalized spacial score (nSPS) is 11.0. The third kappa shape index (κ3) is 4.27. The van der Waals surface area contributed by atoms with Crippen molar-refractivity contribution in [1.29, 1.82) is 0 Å². The summed E-state index contributed by atoms with van der Waals surface area (Å²) in [6, 6.07) is 12.2. The Balaban J connectivity index is 1.67. The molecular formula is C25H20F2N6O. The van der Waals surface area contributed by atoms with Crippen molar-refractivity contribution in [3.05, 3.63) is 85.0 Å². The van der Waals surface area contributed by atoms with Crippen LogP contribution in [0.15, 0.2) is 73.3 Å². The highest BCUT2D eigenvalue weighted by Gasteiger charge is 2.17. The van der Waals surface area contributed by atoms with Gasteiger partial charge in [0, 0.05) is 48.3 Å². The standard InChI is InChI=1S/C25H20F2N6O/c1-28-25-20-12-17(19-14-18(26)5-6-21(19)27)13-22(34-11-10-33-9-3-8-30-33)23(20)31-24(32-25)16-4-2-7-29-15-16/h2-9,12-15H,10-11H2,1H3,(H,28,31,32). The Morgan fingerprint density at radius 3 is 2.68 bits per heavy atom.